The summed E-state index contributed by atoms with van der Waals surface area (Å²) in [6.45, 7) is 8.94. The molecular weight excluding hydrogens is 840 g/mol. The Kier molecular flexibility index (Phi) is 18.5. The van der Waals surface area contributed by atoms with Crippen LogP contribution in [0.4, 0.5) is 35.9 Å². The third-order valence-corrected chi connectivity index (χ3v) is 8.63. The van der Waals surface area contributed by atoms with Gasteiger partial charge in [-0.05, 0) is 110 Å². The lowest BCUT2D eigenvalue weighted by Crippen LogP contribution is -2.16. The molecule has 4 aromatic rings. The average molecular weight is 884 g/mol. The number of amides is 2. The van der Waals surface area contributed by atoms with Crippen LogP contribution < -0.4 is 30.7 Å². The molecule has 0 aromatic heterocycles. The van der Waals surface area contributed by atoms with Crippen molar-refractivity contribution in [3.05, 3.63) is 104 Å². The predicted molar refractivity (Wildman–Crippen MR) is 223 cm³/mol. The molecule has 4 rings (SSSR count). The number of rotatable bonds is 18. The van der Waals surface area contributed by atoms with Gasteiger partial charge in [0.25, 0.3) is 0 Å². The predicted octanol–water partition coefficient (Wildman–Crippen LogP) is 10.6. The fraction of sp³-hybridized carbons (Fsp3) is 0.317. The summed E-state index contributed by atoms with van der Waals surface area (Å²) in [5.74, 6) is -3.07. The smallest absolute Gasteiger partial charge is 0.416 e. The number of benzene rings is 4. The maximum atomic E-state index is 13.2. The lowest BCUT2D eigenvalue weighted by Gasteiger charge is -2.17. The number of hydrogen-bond acceptors (Lipinski definition) is 8. The zero-order valence-electron chi connectivity index (χ0n) is 32.5. The van der Waals surface area contributed by atoms with Crippen LogP contribution in [0.3, 0.4) is 0 Å². The van der Waals surface area contributed by atoms with E-state index >= 15 is 0 Å². The second kappa shape index (κ2) is 22.7. The Morgan fingerprint density at radius 1 is 0.610 bits per heavy atom. The summed E-state index contributed by atoms with van der Waals surface area (Å²) in [4.78, 5) is 44.4. The molecule has 0 heterocycles. The third kappa shape index (κ3) is 16.4. The Bertz CT molecular complexity index is 2090. The topological polar surface area (TPSA) is 175 Å². The number of ether oxygens (including phenoxy) is 2. The van der Waals surface area contributed by atoms with Gasteiger partial charge in [-0.1, -0.05) is 48.7 Å². The number of carbonyl (C=O) groups excluding carboxylic acids is 2. The Labute approximate surface area is 354 Å². The summed E-state index contributed by atoms with van der Waals surface area (Å²) in [5, 5.41) is 29.4. The highest BCUT2D eigenvalue weighted by atomic mass is 35.5. The molecule has 0 aliphatic carbocycles. The van der Waals surface area contributed by atoms with Crippen molar-refractivity contribution in [1.29, 1.82) is 0 Å². The quantitative estimate of drug-likeness (QED) is 0.0528. The van der Waals surface area contributed by atoms with Crippen LogP contribution in [0.2, 0.25) is 15.1 Å². The van der Waals surface area contributed by atoms with E-state index in [2.05, 4.69) is 28.2 Å². The molecule has 0 saturated carbocycles. The van der Waals surface area contributed by atoms with E-state index in [1.165, 1.54) is 12.1 Å². The van der Waals surface area contributed by atoms with Gasteiger partial charge in [0.05, 0.1) is 15.6 Å². The number of aryl methyl sites for hydroxylation is 2. The molecular formula is C41H44Cl3F3N4O8. The van der Waals surface area contributed by atoms with Gasteiger partial charge in [-0.3, -0.25) is 19.2 Å². The summed E-state index contributed by atoms with van der Waals surface area (Å²) in [5.41, 5.74) is 3.71. The van der Waals surface area contributed by atoms with E-state index in [1.807, 2.05) is 19.1 Å². The second-order valence-electron chi connectivity index (χ2n) is 13.1. The van der Waals surface area contributed by atoms with Gasteiger partial charge in [0, 0.05) is 40.9 Å². The van der Waals surface area contributed by atoms with Crippen LogP contribution in [0, 0.1) is 13.8 Å². The van der Waals surface area contributed by atoms with Gasteiger partial charge in [-0.25, -0.2) is 0 Å². The van der Waals surface area contributed by atoms with Gasteiger partial charge in [0.15, 0.2) is 5.75 Å². The standard InChI is InChI=1S/C22H25F3N2O4.C19H19Cl3N2O4/c1-4-5-26-17-9-15(8-16(10-17)22(23,24)25)12-31-21-13(2)6-18(7-14(21)3)27-19(28)11-20(29)30;1-2-3-23-13-5-11(4-12(20)6-13)10-28-19-15(21)7-14(8-16(19)22)24-17(25)9-18(26)27/h6-10,26H,4-5,11-12H2,1-3H3,(H,27,28)(H,29,30);4-8,23H,2-3,9-10H2,1H3,(H,24,25)(H,26,27). The molecule has 4 aromatic carbocycles. The van der Waals surface area contributed by atoms with Gasteiger partial charge in [0.1, 0.15) is 31.8 Å². The van der Waals surface area contributed by atoms with Crippen molar-refractivity contribution in [3.8, 4) is 11.5 Å². The second-order valence-corrected chi connectivity index (χ2v) is 14.4. The molecule has 0 radical (unpaired) electrons. The maximum absolute atomic E-state index is 13.2. The highest BCUT2D eigenvalue weighted by molar-refractivity contribution is 6.37. The summed E-state index contributed by atoms with van der Waals surface area (Å²) < 4.78 is 51.3. The van der Waals surface area contributed by atoms with Crippen LogP contribution in [0.5, 0.6) is 11.5 Å². The zero-order valence-corrected chi connectivity index (χ0v) is 34.8. The number of hydrogen-bond donors (Lipinski definition) is 6. The number of carboxylic acid groups (broad SMARTS) is 2. The number of carboxylic acids is 2. The molecule has 18 heteroatoms. The molecule has 0 saturated heterocycles. The van der Waals surface area contributed by atoms with Crippen molar-refractivity contribution >= 4 is 81.3 Å². The molecule has 318 valence electrons. The van der Waals surface area contributed by atoms with Crippen molar-refractivity contribution in [2.45, 2.75) is 72.8 Å². The molecule has 59 heavy (non-hydrogen) atoms. The first kappa shape index (κ1) is 48.0. The highest BCUT2D eigenvalue weighted by Crippen LogP contribution is 2.37. The summed E-state index contributed by atoms with van der Waals surface area (Å²) in [7, 11) is 0. The van der Waals surface area contributed by atoms with Crippen molar-refractivity contribution in [3.63, 3.8) is 0 Å². The van der Waals surface area contributed by atoms with Crippen LogP contribution >= 0.6 is 34.8 Å². The molecule has 0 atom stereocenters. The van der Waals surface area contributed by atoms with Gasteiger partial charge < -0.3 is 41.0 Å². The Hall–Kier alpha value is -5.38. The zero-order chi connectivity index (χ0) is 43.9. The third-order valence-electron chi connectivity index (χ3n) is 7.85. The Balaban J connectivity index is 0.000000317. The lowest BCUT2D eigenvalue weighted by atomic mass is 10.1. The van der Waals surface area contributed by atoms with Crippen molar-refractivity contribution in [2.24, 2.45) is 0 Å². The number of alkyl halides is 3. The van der Waals surface area contributed by atoms with E-state index in [0.29, 0.717) is 45.4 Å². The van der Waals surface area contributed by atoms with Crippen LogP contribution in [-0.4, -0.2) is 47.1 Å². The van der Waals surface area contributed by atoms with Crippen LogP contribution in [-0.2, 0) is 38.6 Å². The summed E-state index contributed by atoms with van der Waals surface area (Å²) >= 11 is 18.6. The molecule has 0 spiro atoms. The van der Waals surface area contributed by atoms with Gasteiger partial charge in [0.2, 0.25) is 11.8 Å². The number of nitrogens with one attached hydrogen (secondary N) is 4. The molecule has 0 fully saturated rings. The lowest BCUT2D eigenvalue weighted by molar-refractivity contribution is -0.141. The van der Waals surface area contributed by atoms with E-state index < -0.39 is 48.3 Å². The Morgan fingerprint density at radius 3 is 1.51 bits per heavy atom. The fourth-order valence-corrected chi connectivity index (χ4v) is 6.29. The summed E-state index contributed by atoms with van der Waals surface area (Å²) in [6, 6.07) is 15.4. The molecule has 2 amide bonds. The minimum absolute atomic E-state index is 0.0723. The van der Waals surface area contributed by atoms with E-state index in [1.54, 1.807) is 38.1 Å². The molecule has 0 unspecified atom stereocenters. The number of aliphatic carboxylic acids is 2. The van der Waals surface area contributed by atoms with Crippen molar-refractivity contribution in [2.75, 3.05) is 34.4 Å². The largest absolute Gasteiger partial charge is 0.488 e. The van der Waals surface area contributed by atoms with Crippen LogP contribution in [0.25, 0.3) is 0 Å². The molecule has 0 aliphatic rings. The first-order valence-corrected chi connectivity index (χ1v) is 19.3. The molecule has 12 nitrogen and oxygen atoms in total. The average Bonchev–Trinajstić information content (AvgIpc) is 3.11. The molecule has 0 aliphatic heterocycles. The molecule has 0 bridgehead atoms. The molecule has 6 N–H and O–H groups in total. The van der Waals surface area contributed by atoms with Gasteiger partial charge >= 0.3 is 18.1 Å². The van der Waals surface area contributed by atoms with Crippen LogP contribution in [0.1, 0.15) is 67.3 Å². The monoisotopic (exact) mass is 882 g/mol. The van der Waals surface area contributed by atoms with Crippen molar-refractivity contribution < 1.29 is 52.0 Å². The van der Waals surface area contributed by atoms with Crippen LogP contribution in [0.15, 0.2) is 60.7 Å². The van der Waals surface area contributed by atoms with E-state index in [-0.39, 0.29) is 34.7 Å². The number of anilines is 4. The normalized spacial score (nSPS) is 10.8. The maximum Gasteiger partial charge on any atom is 0.416 e. The van der Waals surface area contributed by atoms with E-state index in [4.69, 9.17) is 54.5 Å². The van der Waals surface area contributed by atoms with Gasteiger partial charge in [-0.2, -0.15) is 13.2 Å². The summed E-state index contributed by atoms with van der Waals surface area (Å²) in [6.07, 6.45) is -4.02. The first-order chi connectivity index (χ1) is 27.8. The highest BCUT2D eigenvalue weighted by Gasteiger charge is 2.31. The number of halogens is 6. The van der Waals surface area contributed by atoms with E-state index in [0.717, 1.165) is 42.8 Å². The first-order valence-electron chi connectivity index (χ1n) is 18.1. The Morgan fingerprint density at radius 2 is 1.05 bits per heavy atom. The SMILES string of the molecule is CCCNc1cc(COc2c(C)cc(NC(=O)CC(=O)O)cc2C)cc(C(F)(F)F)c1.CCCNc1cc(Cl)cc(COc2c(Cl)cc(NC(=O)CC(=O)O)cc2Cl)c1. The van der Waals surface area contributed by atoms with E-state index in [9.17, 15) is 32.3 Å². The number of carbonyl (C=O) groups is 4. The minimum atomic E-state index is -4.47. The van der Waals surface area contributed by atoms with Crippen molar-refractivity contribution in [1.82, 2.24) is 0 Å². The van der Waals surface area contributed by atoms with Gasteiger partial charge in [-0.15, -0.1) is 0 Å². The minimum Gasteiger partial charge on any atom is -0.488 e. The fourth-order valence-electron chi connectivity index (χ4n) is 5.43.